The number of rotatable bonds is 8. The second-order valence-electron chi connectivity index (χ2n) is 5.92. The summed E-state index contributed by atoms with van der Waals surface area (Å²) in [6, 6.07) is 5.77. The van der Waals surface area contributed by atoms with Crippen molar-refractivity contribution in [3.8, 4) is 5.75 Å². The van der Waals surface area contributed by atoms with Crippen LogP contribution in [0.2, 0.25) is 0 Å². The van der Waals surface area contributed by atoms with Gasteiger partial charge >= 0.3 is 6.18 Å². The van der Waals surface area contributed by atoms with Crippen molar-refractivity contribution in [3.63, 3.8) is 0 Å². The van der Waals surface area contributed by atoms with Gasteiger partial charge in [0, 0.05) is 49.8 Å². The van der Waals surface area contributed by atoms with E-state index in [-0.39, 0.29) is 12.3 Å². The van der Waals surface area contributed by atoms with Crippen molar-refractivity contribution >= 4 is 17.7 Å². The molecule has 0 aromatic heterocycles. The molecule has 9 heteroatoms. The summed E-state index contributed by atoms with van der Waals surface area (Å²) in [6.07, 6.45) is -4.19. The molecule has 0 aliphatic carbocycles. The first-order valence-corrected chi connectivity index (χ1v) is 9.43. The molecule has 1 amide bonds. The molecule has 146 valence electrons. The number of nitrogens with one attached hydrogen (secondary N) is 2. The highest BCUT2D eigenvalue weighted by Gasteiger charge is 2.43. The van der Waals surface area contributed by atoms with Crippen LogP contribution in [0, 0.1) is 0 Å². The number of hydrogen-bond acceptors (Lipinski definition) is 5. The number of carbonyl (C=O) groups excluding carboxylic acids is 1. The van der Waals surface area contributed by atoms with Gasteiger partial charge in [-0.3, -0.25) is 9.69 Å². The molecule has 1 heterocycles. The zero-order valence-corrected chi connectivity index (χ0v) is 15.5. The second kappa shape index (κ2) is 10.0. The summed E-state index contributed by atoms with van der Waals surface area (Å²) in [7, 11) is 1.58. The van der Waals surface area contributed by atoms with Crippen molar-refractivity contribution in [3.05, 3.63) is 24.3 Å². The average molecular weight is 391 g/mol. The zero-order chi connectivity index (χ0) is 19.0. The van der Waals surface area contributed by atoms with E-state index >= 15 is 0 Å². The molecular weight excluding hydrogens is 367 g/mol. The van der Waals surface area contributed by atoms with Gasteiger partial charge in [-0.15, -0.1) is 11.8 Å². The predicted octanol–water partition coefficient (Wildman–Crippen LogP) is 2.13. The molecule has 0 radical (unpaired) electrons. The van der Waals surface area contributed by atoms with Crippen molar-refractivity contribution in [2.45, 2.75) is 23.5 Å². The first-order valence-electron chi connectivity index (χ1n) is 8.45. The lowest BCUT2D eigenvalue weighted by Gasteiger charge is -2.35. The van der Waals surface area contributed by atoms with Crippen LogP contribution in [0.3, 0.4) is 0 Å². The molecule has 1 unspecified atom stereocenters. The van der Waals surface area contributed by atoms with Crippen LogP contribution in [0.15, 0.2) is 29.2 Å². The fourth-order valence-corrected chi connectivity index (χ4v) is 3.53. The van der Waals surface area contributed by atoms with Crippen LogP contribution in [-0.2, 0) is 4.79 Å². The molecule has 0 spiro atoms. The van der Waals surface area contributed by atoms with E-state index in [1.807, 2.05) is 24.3 Å². The molecule has 2 N–H and O–H groups in total. The van der Waals surface area contributed by atoms with Crippen LogP contribution in [0.25, 0.3) is 0 Å². The fraction of sp³-hybridized carbons (Fsp3) is 0.588. The normalized spacial score (nSPS) is 16.9. The number of alkyl halides is 3. The van der Waals surface area contributed by atoms with Crippen molar-refractivity contribution in [2.24, 2.45) is 0 Å². The highest BCUT2D eigenvalue weighted by molar-refractivity contribution is 7.99. The third kappa shape index (κ3) is 6.69. The summed E-state index contributed by atoms with van der Waals surface area (Å²) in [6.45, 7) is 1.30. The Balaban J connectivity index is 1.74. The van der Waals surface area contributed by atoms with Crippen molar-refractivity contribution < 1.29 is 22.7 Å². The Morgan fingerprint density at radius 1 is 1.31 bits per heavy atom. The van der Waals surface area contributed by atoms with Gasteiger partial charge in [0.1, 0.15) is 11.8 Å². The standard InChI is InChI=1S/C17H24F3N3O2S/c1-25-13-2-4-14(5-3-13)26-11-6-16(24)22-12-15(17(18,19)20)23-9-7-21-8-10-23/h2-5,15,21H,6-12H2,1H3,(H,22,24). The van der Waals surface area contributed by atoms with Gasteiger partial charge in [0.05, 0.1) is 7.11 Å². The number of methoxy groups -OCH3 is 1. The smallest absolute Gasteiger partial charge is 0.405 e. The first kappa shape index (κ1) is 20.9. The maximum absolute atomic E-state index is 13.3. The van der Waals surface area contributed by atoms with Crippen molar-refractivity contribution in [1.82, 2.24) is 15.5 Å². The van der Waals surface area contributed by atoms with Gasteiger partial charge in [-0.1, -0.05) is 0 Å². The molecule has 0 saturated carbocycles. The van der Waals surface area contributed by atoms with Crippen molar-refractivity contribution in [2.75, 3.05) is 45.6 Å². The van der Waals surface area contributed by atoms with E-state index in [4.69, 9.17) is 4.74 Å². The summed E-state index contributed by atoms with van der Waals surface area (Å²) in [5.74, 6) is 0.885. The summed E-state index contributed by atoms with van der Waals surface area (Å²) >= 11 is 1.48. The lowest BCUT2D eigenvalue weighted by atomic mass is 10.2. The number of hydrogen-bond donors (Lipinski definition) is 2. The Labute approximate surface area is 155 Å². The molecule has 1 aliphatic heterocycles. The van der Waals surface area contributed by atoms with Gasteiger partial charge in [-0.05, 0) is 24.3 Å². The third-order valence-electron chi connectivity index (χ3n) is 4.12. The van der Waals surface area contributed by atoms with Gasteiger partial charge in [0.25, 0.3) is 0 Å². The SMILES string of the molecule is COc1ccc(SCCC(=O)NCC(N2CCNCC2)C(F)(F)F)cc1. The number of halogens is 3. The van der Waals surface area contributed by atoms with E-state index < -0.39 is 18.8 Å². The van der Waals surface area contributed by atoms with Gasteiger partial charge in [0.15, 0.2) is 0 Å². The van der Waals surface area contributed by atoms with Crippen LogP contribution >= 0.6 is 11.8 Å². The van der Waals surface area contributed by atoms with Gasteiger partial charge in [0.2, 0.25) is 5.91 Å². The minimum atomic E-state index is -4.36. The van der Waals surface area contributed by atoms with E-state index in [0.29, 0.717) is 31.9 Å². The van der Waals surface area contributed by atoms with Gasteiger partial charge in [-0.25, -0.2) is 0 Å². The molecule has 1 atom stereocenters. The quantitative estimate of drug-likeness (QED) is 0.665. The molecule has 2 rings (SSSR count). The van der Waals surface area contributed by atoms with Crippen LogP contribution in [0.4, 0.5) is 13.2 Å². The molecule has 1 aromatic rings. The van der Waals surface area contributed by atoms with E-state index in [2.05, 4.69) is 10.6 Å². The Bertz CT molecular complexity index is 563. The minimum absolute atomic E-state index is 0.169. The molecule has 1 saturated heterocycles. The van der Waals surface area contributed by atoms with E-state index in [1.165, 1.54) is 16.7 Å². The number of benzene rings is 1. The van der Waals surface area contributed by atoms with E-state index in [0.717, 1.165) is 10.6 Å². The number of thioether (sulfide) groups is 1. The third-order valence-corrected chi connectivity index (χ3v) is 5.13. The topological polar surface area (TPSA) is 53.6 Å². The number of amides is 1. The lowest BCUT2D eigenvalue weighted by Crippen LogP contribution is -2.57. The summed E-state index contributed by atoms with van der Waals surface area (Å²) < 4.78 is 44.9. The Morgan fingerprint density at radius 2 is 1.96 bits per heavy atom. The molecular formula is C17H24F3N3O2S. The number of ether oxygens (including phenoxy) is 1. The lowest BCUT2D eigenvalue weighted by molar-refractivity contribution is -0.184. The number of piperazine rings is 1. The van der Waals surface area contributed by atoms with Gasteiger partial charge < -0.3 is 15.4 Å². The monoisotopic (exact) mass is 391 g/mol. The van der Waals surface area contributed by atoms with Crippen LogP contribution in [-0.4, -0.2) is 68.6 Å². The molecule has 1 aliphatic rings. The number of nitrogens with zero attached hydrogens (tertiary/aromatic N) is 1. The Morgan fingerprint density at radius 3 is 2.54 bits per heavy atom. The highest BCUT2D eigenvalue weighted by Crippen LogP contribution is 2.25. The summed E-state index contributed by atoms with van der Waals surface area (Å²) in [4.78, 5) is 14.3. The maximum Gasteiger partial charge on any atom is 0.405 e. The Kier molecular flexibility index (Phi) is 8.05. The molecule has 26 heavy (non-hydrogen) atoms. The fourth-order valence-electron chi connectivity index (χ4n) is 2.68. The molecule has 1 fully saturated rings. The Hall–Kier alpha value is -1.45. The summed E-state index contributed by atoms with van der Waals surface area (Å²) in [5, 5.41) is 5.47. The first-order chi connectivity index (χ1) is 12.4. The van der Waals surface area contributed by atoms with Gasteiger partial charge in [-0.2, -0.15) is 13.2 Å². The van der Waals surface area contributed by atoms with Crippen LogP contribution in [0.1, 0.15) is 6.42 Å². The van der Waals surface area contributed by atoms with Crippen LogP contribution < -0.4 is 15.4 Å². The second-order valence-corrected chi connectivity index (χ2v) is 7.09. The van der Waals surface area contributed by atoms with E-state index in [9.17, 15) is 18.0 Å². The predicted molar refractivity (Wildman–Crippen MR) is 95.6 cm³/mol. The van der Waals surface area contributed by atoms with Crippen LogP contribution in [0.5, 0.6) is 5.75 Å². The zero-order valence-electron chi connectivity index (χ0n) is 14.6. The molecule has 0 bridgehead atoms. The largest absolute Gasteiger partial charge is 0.497 e. The molecule has 5 nitrogen and oxygen atoms in total. The summed E-state index contributed by atoms with van der Waals surface area (Å²) in [5.41, 5.74) is 0. The maximum atomic E-state index is 13.3. The minimum Gasteiger partial charge on any atom is -0.497 e. The van der Waals surface area contributed by atoms with Crippen molar-refractivity contribution in [1.29, 1.82) is 0 Å². The highest BCUT2D eigenvalue weighted by atomic mass is 32.2. The molecule has 1 aromatic carbocycles. The number of carbonyl (C=O) groups is 1. The van der Waals surface area contributed by atoms with E-state index in [1.54, 1.807) is 7.11 Å². The average Bonchev–Trinajstić information content (AvgIpc) is 2.62.